The summed E-state index contributed by atoms with van der Waals surface area (Å²) in [7, 11) is 1.68. The summed E-state index contributed by atoms with van der Waals surface area (Å²) in [6, 6.07) is 5.68. The van der Waals surface area contributed by atoms with E-state index in [1.165, 1.54) is 50.2 Å². The summed E-state index contributed by atoms with van der Waals surface area (Å²) in [6.07, 6.45) is 3.62. The minimum atomic E-state index is -0.329. The molecule has 2 rings (SSSR count). The molecule has 1 amide bonds. The van der Waals surface area contributed by atoms with Gasteiger partial charge in [0.1, 0.15) is 5.82 Å². The third-order valence-corrected chi connectivity index (χ3v) is 4.59. The zero-order valence-electron chi connectivity index (χ0n) is 15.7. The second-order valence-electron chi connectivity index (χ2n) is 6.79. The number of anilines is 1. The Morgan fingerprint density at radius 3 is 2.58 bits per heavy atom. The topological polar surface area (TPSA) is 68.8 Å². The number of carbonyl (C=O) groups excluding carboxylic acids is 1. The lowest BCUT2D eigenvalue weighted by Gasteiger charge is -2.30. The van der Waals surface area contributed by atoms with Crippen molar-refractivity contribution in [1.29, 1.82) is 0 Å². The first-order chi connectivity index (χ1) is 12.6. The van der Waals surface area contributed by atoms with Gasteiger partial charge >= 0.3 is 0 Å². The fourth-order valence-electron chi connectivity index (χ4n) is 2.92. The lowest BCUT2D eigenvalue weighted by atomic mass is 9.99. The van der Waals surface area contributed by atoms with Crippen molar-refractivity contribution in [2.45, 2.75) is 26.2 Å². The number of nitrogens with zero attached hydrogens (tertiary/aromatic N) is 2. The van der Waals surface area contributed by atoms with Crippen molar-refractivity contribution in [3.05, 3.63) is 30.1 Å². The highest BCUT2D eigenvalue weighted by molar-refractivity contribution is 5.94. The fraction of sp³-hybridized carbons (Fsp3) is 0.579. The molecule has 0 spiro atoms. The smallest absolute Gasteiger partial charge is 0.243 e. The third-order valence-electron chi connectivity index (χ3n) is 4.59. The molecule has 1 aliphatic rings. The largest absolute Gasteiger partial charge is 0.356 e. The van der Waals surface area contributed by atoms with E-state index in [0.29, 0.717) is 11.6 Å². The normalized spacial score (nSPS) is 16.3. The number of nitrogens with one attached hydrogen (secondary N) is 3. The molecule has 1 aromatic rings. The Morgan fingerprint density at radius 1 is 1.23 bits per heavy atom. The first-order valence-corrected chi connectivity index (χ1v) is 9.29. The maximum atomic E-state index is 12.9. The van der Waals surface area contributed by atoms with Gasteiger partial charge < -0.3 is 20.9 Å². The molecule has 0 bridgehead atoms. The van der Waals surface area contributed by atoms with Crippen LogP contribution >= 0.6 is 0 Å². The molecule has 144 valence electrons. The number of benzene rings is 1. The second-order valence-corrected chi connectivity index (χ2v) is 6.79. The molecule has 0 atom stereocenters. The molecule has 0 unspecified atom stereocenters. The van der Waals surface area contributed by atoms with Gasteiger partial charge in [0.15, 0.2) is 5.96 Å². The number of rotatable bonds is 7. The number of carbonyl (C=O) groups is 1. The van der Waals surface area contributed by atoms with Crippen molar-refractivity contribution >= 4 is 17.6 Å². The van der Waals surface area contributed by atoms with Crippen LogP contribution in [0.15, 0.2) is 29.3 Å². The maximum absolute atomic E-state index is 12.9. The van der Waals surface area contributed by atoms with Crippen LogP contribution < -0.4 is 16.0 Å². The zero-order chi connectivity index (χ0) is 18.8. The van der Waals surface area contributed by atoms with Gasteiger partial charge in [-0.05, 0) is 69.1 Å². The minimum Gasteiger partial charge on any atom is -0.356 e. The summed E-state index contributed by atoms with van der Waals surface area (Å²) in [6.45, 7) is 6.70. The number of halogens is 1. The number of guanidine groups is 1. The van der Waals surface area contributed by atoms with E-state index in [0.717, 1.165) is 25.4 Å². The van der Waals surface area contributed by atoms with Crippen molar-refractivity contribution in [2.24, 2.45) is 10.9 Å². The molecule has 1 aliphatic heterocycles. The number of likely N-dealkylation sites (tertiary alicyclic amines) is 1. The molecule has 6 nitrogen and oxygen atoms in total. The van der Waals surface area contributed by atoms with Crippen LogP contribution in [0.2, 0.25) is 0 Å². The van der Waals surface area contributed by atoms with E-state index in [2.05, 4.69) is 32.8 Å². The predicted molar refractivity (Wildman–Crippen MR) is 104 cm³/mol. The average molecular weight is 363 g/mol. The Balaban J connectivity index is 1.59. The molecule has 3 N–H and O–H groups in total. The van der Waals surface area contributed by atoms with E-state index >= 15 is 0 Å². The molecule has 0 aliphatic carbocycles. The molecule has 1 fully saturated rings. The number of piperidine rings is 1. The highest BCUT2D eigenvalue weighted by Crippen LogP contribution is 2.15. The van der Waals surface area contributed by atoms with Gasteiger partial charge in [-0.15, -0.1) is 0 Å². The van der Waals surface area contributed by atoms with Gasteiger partial charge in [-0.3, -0.25) is 9.79 Å². The van der Waals surface area contributed by atoms with Gasteiger partial charge in [0.05, 0.1) is 6.54 Å². The van der Waals surface area contributed by atoms with E-state index < -0.39 is 0 Å². The summed E-state index contributed by atoms with van der Waals surface area (Å²) < 4.78 is 12.9. The van der Waals surface area contributed by atoms with Crippen LogP contribution in [0.4, 0.5) is 10.1 Å². The van der Waals surface area contributed by atoms with Crippen LogP contribution in [-0.2, 0) is 4.79 Å². The first kappa shape index (κ1) is 20.2. The van der Waals surface area contributed by atoms with Gasteiger partial charge in [0.25, 0.3) is 0 Å². The van der Waals surface area contributed by atoms with Crippen LogP contribution in [0.25, 0.3) is 0 Å². The Hall–Kier alpha value is -2.15. The molecule has 7 heteroatoms. The number of hydrogen-bond acceptors (Lipinski definition) is 3. The first-order valence-electron chi connectivity index (χ1n) is 9.29. The number of aliphatic imine (C=N–C) groups is 1. The number of hydrogen-bond donors (Lipinski definition) is 3. The summed E-state index contributed by atoms with van der Waals surface area (Å²) >= 11 is 0. The Morgan fingerprint density at radius 2 is 1.92 bits per heavy atom. The van der Waals surface area contributed by atoms with Crippen molar-refractivity contribution in [3.63, 3.8) is 0 Å². The minimum absolute atomic E-state index is 0.0983. The van der Waals surface area contributed by atoms with Crippen LogP contribution in [0.1, 0.15) is 26.2 Å². The van der Waals surface area contributed by atoms with E-state index in [9.17, 15) is 9.18 Å². The molecule has 26 heavy (non-hydrogen) atoms. The lowest BCUT2D eigenvalue weighted by Crippen LogP contribution is -2.42. The molecular weight excluding hydrogens is 333 g/mol. The molecule has 1 aromatic carbocycles. The summed E-state index contributed by atoms with van der Waals surface area (Å²) in [5.41, 5.74) is 0.567. The van der Waals surface area contributed by atoms with Crippen LogP contribution in [0.5, 0.6) is 0 Å². The van der Waals surface area contributed by atoms with Gasteiger partial charge in [-0.2, -0.15) is 0 Å². The van der Waals surface area contributed by atoms with Crippen molar-refractivity contribution in [2.75, 3.05) is 45.1 Å². The summed E-state index contributed by atoms with van der Waals surface area (Å²) in [5, 5.41) is 8.92. The molecular formula is C19H30FN5O. The summed E-state index contributed by atoms with van der Waals surface area (Å²) in [5.74, 6) is 0.923. The fourth-order valence-corrected chi connectivity index (χ4v) is 2.92. The molecule has 1 heterocycles. The van der Waals surface area contributed by atoms with E-state index in [4.69, 9.17) is 0 Å². The van der Waals surface area contributed by atoms with Gasteiger partial charge in [0.2, 0.25) is 5.91 Å². The quantitative estimate of drug-likeness (QED) is 0.394. The predicted octanol–water partition coefficient (Wildman–Crippen LogP) is 2.05. The summed E-state index contributed by atoms with van der Waals surface area (Å²) in [4.78, 5) is 18.6. The highest BCUT2D eigenvalue weighted by Gasteiger charge is 2.14. The van der Waals surface area contributed by atoms with Gasteiger partial charge in [-0.1, -0.05) is 6.92 Å². The van der Waals surface area contributed by atoms with Gasteiger partial charge in [0, 0.05) is 19.3 Å². The average Bonchev–Trinajstić information content (AvgIpc) is 2.64. The van der Waals surface area contributed by atoms with Crippen LogP contribution in [-0.4, -0.2) is 56.5 Å². The molecule has 1 saturated heterocycles. The van der Waals surface area contributed by atoms with E-state index in [-0.39, 0.29) is 18.3 Å². The molecule has 0 radical (unpaired) electrons. The van der Waals surface area contributed by atoms with Gasteiger partial charge in [-0.25, -0.2) is 4.39 Å². The van der Waals surface area contributed by atoms with Crippen LogP contribution in [0, 0.1) is 11.7 Å². The Kier molecular flexibility index (Phi) is 8.34. The lowest BCUT2D eigenvalue weighted by molar-refractivity contribution is -0.115. The highest BCUT2D eigenvalue weighted by atomic mass is 19.1. The van der Waals surface area contributed by atoms with Crippen molar-refractivity contribution < 1.29 is 9.18 Å². The van der Waals surface area contributed by atoms with E-state index in [1.807, 2.05) is 0 Å². The molecule has 0 saturated carbocycles. The van der Waals surface area contributed by atoms with Crippen LogP contribution in [0.3, 0.4) is 0 Å². The maximum Gasteiger partial charge on any atom is 0.243 e. The Bertz CT molecular complexity index is 582. The zero-order valence-corrected chi connectivity index (χ0v) is 15.7. The Labute approximate surface area is 155 Å². The molecule has 0 aromatic heterocycles. The monoisotopic (exact) mass is 363 g/mol. The number of amides is 1. The standard InChI is InChI=1S/C19H30FN5O/c1-15-8-12-25(13-9-15)11-3-10-22-19(21-2)23-14-18(26)24-17-6-4-16(20)5-7-17/h4-7,15H,3,8-14H2,1-2H3,(H,24,26)(H2,21,22,23). The van der Waals surface area contributed by atoms with E-state index in [1.54, 1.807) is 7.05 Å². The third kappa shape index (κ3) is 7.39. The van der Waals surface area contributed by atoms with Crippen molar-refractivity contribution in [1.82, 2.24) is 15.5 Å². The van der Waals surface area contributed by atoms with Crippen molar-refractivity contribution in [3.8, 4) is 0 Å². The SMILES string of the molecule is CN=C(NCCCN1CCC(C)CC1)NCC(=O)Nc1ccc(F)cc1. The second kappa shape index (κ2) is 10.8.